The van der Waals surface area contributed by atoms with Gasteiger partial charge in [-0.1, -0.05) is 254 Å². The fourth-order valence-corrected chi connectivity index (χ4v) is 12.0. The highest BCUT2D eigenvalue weighted by molar-refractivity contribution is 6.68. The second-order valence-corrected chi connectivity index (χ2v) is 19.3. The quantitative estimate of drug-likeness (QED) is 0.212. The lowest BCUT2D eigenvalue weighted by atomic mass is 9.61. The number of rotatable bonds is 8. The molecule has 0 saturated heterocycles. The number of nitrogens with zero attached hydrogens (tertiary/aromatic N) is 1. The maximum Gasteiger partial charge on any atom is 0.115 e. The van der Waals surface area contributed by atoms with Crippen LogP contribution >= 0.6 is 0 Å². The molecule has 0 bridgehead atoms. The molecular weight excluding hydrogens is 900 g/mol. The third-order valence-electron chi connectivity index (χ3n) is 15.4. The monoisotopic (exact) mass is 933 g/mol. The van der Waals surface area contributed by atoms with Gasteiger partial charge in [0.2, 0.25) is 0 Å². The van der Waals surface area contributed by atoms with E-state index in [0.29, 0.717) is 33.4 Å². The Kier molecular flexibility index (Phi) is 12.3. The zero-order chi connectivity index (χ0) is 52.9. The first-order chi connectivity index (χ1) is 36.8. The fourth-order valence-electron chi connectivity index (χ4n) is 12.0. The second kappa shape index (κ2) is 19.0. The fraction of sp³-hybridized carbons (Fsp3) is 0.0159. The van der Waals surface area contributed by atoms with E-state index in [2.05, 4.69) is 72.8 Å². The van der Waals surface area contributed by atoms with E-state index >= 15 is 0 Å². The van der Waals surface area contributed by atoms with E-state index in [1.165, 1.54) is 4.90 Å². The van der Waals surface area contributed by atoms with Crippen LogP contribution in [0.15, 0.2) is 188 Å². The van der Waals surface area contributed by atoms with E-state index in [1.807, 2.05) is 115 Å². The minimum atomic E-state index is -0.734. The van der Waals surface area contributed by atoms with Crippen molar-refractivity contribution in [3.05, 3.63) is 210 Å². The highest BCUT2D eigenvalue weighted by Gasteiger charge is 2.47. The van der Waals surface area contributed by atoms with E-state index in [-0.39, 0.29) is 82.6 Å². The summed E-state index contributed by atoms with van der Waals surface area (Å²) in [7, 11) is 87.8. The zero-order valence-corrected chi connectivity index (χ0v) is 41.3. The lowest BCUT2D eigenvalue weighted by molar-refractivity contribution is 0.768. The molecule has 0 N–H and O–H groups in total. The van der Waals surface area contributed by atoms with Gasteiger partial charge >= 0.3 is 0 Å². The summed E-state index contributed by atoms with van der Waals surface area (Å²) in [6.45, 7) is 0. The van der Waals surface area contributed by atoms with Gasteiger partial charge in [-0.05, 0) is 88.3 Å². The van der Waals surface area contributed by atoms with Crippen LogP contribution < -0.4 is 70.5 Å². The summed E-state index contributed by atoms with van der Waals surface area (Å²) >= 11 is 0. The zero-order valence-electron chi connectivity index (χ0n) is 41.3. The van der Waals surface area contributed by atoms with Crippen LogP contribution in [0.2, 0.25) is 0 Å². The van der Waals surface area contributed by atoms with Gasteiger partial charge in [-0.3, -0.25) is 0 Å². The summed E-state index contributed by atoms with van der Waals surface area (Å²) in [5, 5.41) is 3.64. The molecule has 0 heterocycles. The molecule has 76 heavy (non-hydrogen) atoms. The number of anilines is 3. The van der Waals surface area contributed by atoms with Gasteiger partial charge in [0.1, 0.15) is 94.2 Å². The first-order valence-electron chi connectivity index (χ1n) is 24.7. The molecule has 0 aromatic heterocycles. The molecule has 24 radical (unpaired) electrons. The SMILES string of the molecule is [B]c1c([B])c(N(c2c([B])c([B])c(-c3cccc4ccccc34)c([B])c2[B])c2c([B])c([B])c(-c3cccc4ccccc34)c([B])c2[B])c([B])c([B])c1-c1cccc2c1-c1ccccc1C2(c1ccccc1)c1ccccc1. The van der Waals surface area contributed by atoms with Crippen LogP contribution in [0.4, 0.5) is 17.1 Å². The molecule has 1 aliphatic carbocycles. The average molecular weight is 932 g/mol. The largest absolute Gasteiger partial charge is 0.314 e. The maximum absolute atomic E-state index is 7.47. The van der Waals surface area contributed by atoms with Gasteiger partial charge in [-0.2, -0.15) is 0 Å². The molecule has 12 rings (SSSR count). The van der Waals surface area contributed by atoms with Crippen LogP contribution in [0.25, 0.3) is 66.1 Å². The summed E-state index contributed by atoms with van der Waals surface area (Å²) in [5.74, 6) is 0. The van der Waals surface area contributed by atoms with Crippen molar-refractivity contribution in [2.24, 2.45) is 0 Å². The molecule has 0 unspecified atom stereocenters. The van der Waals surface area contributed by atoms with Crippen molar-refractivity contribution in [2.45, 2.75) is 5.41 Å². The lowest BCUT2D eigenvalue weighted by Gasteiger charge is -2.40. The van der Waals surface area contributed by atoms with E-state index < -0.39 is 5.41 Å². The molecular formula is C63H31B12N. The van der Waals surface area contributed by atoms with Gasteiger partial charge in [0, 0.05) is 17.1 Å². The average Bonchev–Trinajstić information content (AvgIpc) is 4.00. The Morgan fingerprint density at radius 3 is 0.974 bits per heavy atom. The van der Waals surface area contributed by atoms with E-state index in [0.717, 1.165) is 54.9 Å². The van der Waals surface area contributed by atoms with Crippen LogP contribution in [0.5, 0.6) is 0 Å². The normalized spacial score (nSPS) is 12.4. The van der Waals surface area contributed by atoms with Gasteiger partial charge in [-0.15, -0.1) is 0 Å². The van der Waals surface area contributed by atoms with Crippen molar-refractivity contribution < 1.29 is 0 Å². The molecule has 0 spiro atoms. The minimum absolute atomic E-state index is 0.0145. The highest BCUT2D eigenvalue weighted by atomic mass is 15.2. The Morgan fingerprint density at radius 2 is 0.539 bits per heavy atom. The van der Waals surface area contributed by atoms with Crippen molar-refractivity contribution >= 4 is 198 Å². The first-order valence-corrected chi connectivity index (χ1v) is 24.7. The molecule has 0 fully saturated rings. The molecule has 11 aromatic carbocycles. The summed E-state index contributed by atoms with van der Waals surface area (Å²) in [5.41, 5.74) is 9.31. The summed E-state index contributed by atoms with van der Waals surface area (Å²) in [6.07, 6.45) is 0. The minimum Gasteiger partial charge on any atom is -0.314 e. The second-order valence-electron chi connectivity index (χ2n) is 19.3. The third-order valence-corrected chi connectivity index (χ3v) is 15.4. The maximum atomic E-state index is 7.47. The molecule has 0 atom stereocenters. The molecule has 324 valence electrons. The first kappa shape index (κ1) is 49.4. The van der Waals surface area contributed by atoms with Crippen molar-refractivity contribution in [1.29, 1.82) is 0 Å². The van der Waals surface area contributed by atoms with Crippen molar-refractivity contribution in [3.8, 4) is 44.5 Å². The topological polar surface area (TPSA) is 3.24 Å². The van der Waals surface area contributed by atoms with E-state index in [9.17, 15) is 0 Å². The van der Waals surface area contributed by atoms with E-state index in [1.54, 1.807) is 0 Å². The highest BCUT2D eigenvalue weighted by Crippen LogP contribution is 2.58. The summed E-state index contributed by atoms with van der Waals surface area (Å²) < 4.78 is 0. The Hall–Kier alpha value is -7.48. The van der Waals surface area contributed by atoms with Crippen LogP contribution in [0.1, 0.15) is 22.3 Å². The van der Waals surface area contributed by atoms with E-state index in [4.69, 9.17) is 94.2 Å². The Bertz CT molecular complexity index is 3930. The molecule has 0 amide bonds. The molecule has 11 aromatic rings. The number of hydrogen-bond acceptors (Lipinski definition) is 1. The Balaban J connectivity index is 1.15. The predicted octanol–water partition coefficient (Wildman–Crippen LogP) is 2.35. The predicted molar refractivity (Wildman–Crippen MR) is 334 cm³/mol. The van der Waals surface area contributed by atoms with Gasteiger partial charge in [0.15, 0.2) is 0 Å². The van der Waals surface area contributed by atoms with Crippen LogP contribution in [-0.4, -0.2) is 94.2 Å². The lowest BCUT2D eigenvalue weighted by Crippen LogP contribution is -2.54. The van der Waals surface area contributed by atoms with Gasteiger partial charge in [0.05, 0.1) is 5.41 Å². The van der Waals surface area contributed by atoms with Crippen LogP contribution in [0.3, 0.4) is 0 Å². The third kappa shape index (κ3) is 7.17. The number of benzene rings is 11. The summed E-state index contributed by atoms with van der Waals surface area (Å²) in [4.78, 5) is 1.50. The van der Waals surface area contributed by atoms with Crippen molar-refractivity contribution in [1.82, 2.24) is 0 Å². The Labute approximate surface area is 460 Å². The number of fused-ring (bicyclic) bond motifs is 5. The molecule has 1 aliphatic rings. The smallest absolute Gasteiger partial charge is 0.115 e. The standard InChI is InChI=1S/C63H31B12N/c64-48-45(38-27-13-18-32-16-7-9-24-36(32)38)49(65)55(71)60(54(48)70)76(61-56(72)50(66)46(51(67)57(61)73)39-28-14-19-33-17-8-10-25-37(33)39)62-58(74)52(68)47(53(69)59(62)75)41-29-15-31-43-44(41)40-26-11-12-30-42(40)63(43,34-20-3-1-4-21-34)35-22-5-2-6-23-35/h1-31H. The van der Waals surface area contributed by atoms with Gasteiger partial charge in [0.25, 0.3) is 0 Å². The molecule has 0 aliphatic heterocycles. The van der Waals surface area contributed by atoms with Crippen LogP contribution in [0, 0.1) is 0 Å². The van der Waals surface area contributed by atoms with Gasteiger partial charge in [-0.25, -0.2) is 0 Å². The Morgan fingerprint density at radius 1 is 0.237 bits per heavy atom. The number of hydrogen-bond donors (Lipinski definition) is 0. The van der Waals surface area contributed by atoms with Crippen molar-refractivity contribution in [3.63, 3.8) is 0 Å². The molecule has 13 heteroatoms. The van der Waals surface area contributed by atoms with Crippen LogP contribution in [-0.2, 0) is 5.41 Å². The summed E-state index contributed by atoms with van der Waals surface area (Å²) in [6, 6.07) is 62.7. The molecule has 0 saturated carbocycles. The van der Waals surface area contributed by atoms with Crippen molar-refractivity contribution in [2.75, 3.05) is 4.90 Å². The molecule has 1 nitrogen and oxygen atoms in total. The van der Waals surface area contributed by atoms with Gasteiger partial charge < -0.3 is 4.90 Å².